The molecule has 2 atom stereocenters. The third-order valence-corrected chi connectivity index (χ3v) is 3.76. The molecule has 3 N–H and O–H groups in total. The number of anilines is 1. The van der Waals surface area contributed by atoms with Gasteiger partial charge in [0.25, 0.3) is 0 Å². The molecular formula is C15H17N3O3. The summed E-state index contributed by atoms with van der Waals surface area (Å²) in [6.45, 7) is 3.49. The monoisotopic (exact) mass is 287 g/mol. The lowest BCUT2D eigenvalue weighted by atomic mass is 10.1. The van der Waals surface area contributed by atoms with Gasteiger partial charge in [-0.15, -0.1) is 0 Å². The van der Waals surface area contributed by atoms with Crippen LogP contribution in [-0.2, 0) is 6.42 Å². The highest BCUT2D eigenvalue weighted by Crippen LogP contribution is 2.31. The Hall–Kier alpha value is -2.34. The van der Waals surface area contributed by atoms with Gasteiger partial charge in [-0.2, -0.15) is 0 Å². The van der Waals surface area contributed by atoms with Crippen molar-refractivity contribution in [2.75, 3.05) is 5.32 Å². The summed E-state index contributed by atoms with van der Waals surface area (Å²) in [4.78, 5) is 12.1. The highest BCUT2D eigenvalue weighted by molar-refractivity contribution is 5.90. The number of nitrogens with one attached hydrogen (secondary N) is 2. The molecular weight excluding hydrogens is 270 g/mol. The topological polar surface area (TPSA) is 87.4 Å². The van der Waals surface area contributed by atoms with Gasteiger partial charge < -0.3 is 20.3 Å². The quantitative estimate of drug-likeness (QED) is 0.789. The Bertz CT molecular complexity index is 661. The van der Waals surface area contributed by atoms with Crippen molar-refractivity contribution in [1.82, 2.24) is 10.5 Å². The van der Waals surface area contributed by atoms with Gasteiger partial charge in [-0.1, -0.05) is 29.4 Å². The molecule has 0 radical (unpaired) electrons. The number of hydrogen-bond donors (Lipinski definition) is 3. The molecule has 6 nitrogen and oxygen atoms in total. The van der Waals surface area contributed by atoms with Gasteiger partial charge in [0.1, 0.15) is 11.4 Å². The number of carbonyl (C=O) groups excluding carboxylic acids is 1. The van der Waals surface area contributed by atoms with Crippen LogP contribution in [0.2, 0.25) is 0 Å². The second kappa shape index (κ2) is 5.21. The fourth-order valence-corrected chi connectivity index (χ4v) is 2.70. The van der Waals surface area contributed by atoms with Gasteiger partial charge in [0.15, 0.2) is 5.76 Å². The first-order valence-corrected chi connectivity index (χ1v) is 6.82. The van der Waals surface area contributed by atoms with E-state index in [9.17, 15) is 9.90 Å². The van der Waals surface area contributed by atoms with Gasteiger partial charge in [-0.25, -0.2) is 4.79 Å². The van der Waals surface area contributed by atoms with E-state index in [1.54, 1.807) is 13.8 Å². The summed E-state index contributed by atoms with van der Waals surface area (Å²) >= 11 is 0. The van der Waals surface area contributed by atoms with Crippen LogP contribution in [-0.4, -0.2) is 22.4 Å². The third kappa shape index (κ3) is 2.50. The number of urea groups is 1. The summed E-state index contributed by atoms with van der Waals surface area (Å²) in [6, 6.07) is 6.93. The molecule has 2 aromatic rings. The largest absolute Gasteiger partial charge is 0.390 e. The molecule has 1 heterocycles. The molecule has 110 valence electrons. The summed E-state index contributed by atoms with van der Waals surface area (Å²) < 4.78 is 5.00. The van der Waals surface area contributed by atoms with E-state index in [-0.39, 0.29) is 6.03 Å². The number of fused-ring (bicyclic) bond motifs is 1. The maximum atomic E-state index is 12.1. The molecule has 0 saturated heterocycles. The van der Waals surface area contributed by atoms with Crippen LogP contribution in [0.25, 0.3) is 0 Å². The lowest BCUT2D eigenvalue weighted by Gasteiger charge is -2.18. The average molecular weight is 287 g/mol. The zero-order valence-corrected chi connectivity index (χ0v) is 11.9. The summed E-state index contributed by atoms with van der Waals surface area (Å²) in [5.41, 5.74) is 3.20. The van der Waals surface area contributed by atoms with Gasteiger partial charge in [0.05, 0.1) is 12.1 Å². The number of rotatable bonds is 2. The van der Waals surface area contributed by atoms with E-state index < -0.39 is 12.1 Å². The molecule has 1 aliphatic rings. The standard InChI is InChI=1S/C15H17N3O3/c1-8-13(9(2)21-18-8)16-15(20)17-14-11-6-4-3-5-10(11)7-12(14)19/h3-6,12,14,19H,7H2,1-2H3,(H2,16,17,20)/t12-,14+/m0/s1. The van der Waals surface area contributed by atoms with E-state index in [0.717, 1.165) is 11.1 Å². The summed E-state index contributed by atoms with van der Waals surface area (Å²) in [5.74, 6) is 0.551. The molecule has 0 aliphatic heterocycles. The van der Waals surface area contributed by atoms with Crippen LogP contribution < -0.4 is 10.6 Å². The van der Waals surface area contributed by atoms with E-state index in [2.05, 4.69) is 15.8 Å². The highest BCUT2D eigenvalue weighted by Gasteiger charge is 2.32. The van der Waals surface area contributed by atoms with Crippen LogP contribution in [0, 0.1) is 13.8 Å². The number of aliphatic hydroxyl groups excluding tert-OH is 1. The minimum absolute atomic E-state index is 0.384. The Morgan fingerprint density at radius 2 is 2.14 bits per heavy atom. The smallest absolute Gasteiger partial charge is 0.319 e. The average Bonchev–Trinajstić information content (AvgIpc) is 2.93. The number of benzene rings is 1. The third-order valence-electron chi connectivity index (χ3n) is 3.76. The van der Waals surface area contributed by atoms with E-state index in [1.807, 2.05) is 24.3 Å². The van der Waals surface area contributed by atoms with Gasteiger partial charge in [0, 0.05) is 6.42 Å². The number of nitrogens with zero attached hydrogens (tertiary/aromatic N) is 1. The zero-order chi connectivity index (χ0) is 15.0. The molecule has 0 bridgehead atoms. The first-order chi connectivity index (χ1) is 10.1. The molecule has 6 heteroatoms. The Kier molecular flexibility index (Phi) is 3.39. The first kappa shape index (κ1) is 13.6. The van der Waals surface area contributed by atoms with Crippen molar-refractivity contribution in [3.63, 3.8) is 0 Å². The van der Waals surface area contributed by atoms with Gasteiger partial charge in [0.2, 0.25) is 0 Å². The molecule has 21 heavy (non-hydrogen) atoms. The molecule has 2 amide bonds. The summed E-state index contributed by atoms with van der Waals surface area (Å²) in [6.07, 6.45) is -0.0651. The Balaban J connectivity index is 1.74. The number of aromatic nitrogens is 1. The van der Waals surface area contributed by atoms with Gasteiger partial charge in [-0.3, -0.25) is 0 Å². The van der Waals surface area contributed by atoms with Crippen molar-refractivity contribution in [2.24, 2.45) is 0 Å². The minimum Gasteiger partial charge on any atom is -0.390 e. The van der Waals surface area contributed by atoms with E-state index >= 15 is 0 Å². The van der Waals surface area contributed by atoms with Crippen LogP contribution in [0.4, 0.5) is 10.5 Å². The van der Waals surface area contributed by atoms with Crippen LogP contribution in [0.1, 0.15) is 28.6 Å². The van der Waals surface area contributed by atoms with Crippen molar-refractivity contribution in [1.29, 1.82) is 0 Å². The SMILES string of the molecule is Cc1noc(C)c1NC(=O)N[C@@H]1c2ccccc2C[C@@H]1O. The molecule has 3 rings (SSSR count). The normalized spacial score (nSPS) is 20.1. The molecule has 0 spiro atoms. The predicted octanol–water partition coefficient (Wildman–Crippen LogP) is 2.07. The molecule has 0 fully saturated rings. The Morgan fingerprint density at radius 3 is 2.86 bits per heavy atom. The van der Waals surface area contributed by atoms with Crippen molar-refractivity contribution in [2.45, 2.75) is 32.4 Å². The lowest BCUT2D eigenvalue weighted by Crippen LogP contribution is -2.37. The minimum atomic E-state index is -0.613. The predicted molar refractivity (Wildman–Crippen MR) is 77.0 cm³/mol. The molecule has 1 aromatic heterocycles. The van der Waals surface area contributed by atoms with Crippen molar-refractivity contribution in [3.05, 3.63) is 46.8 Å². The molecule has 1 aliphatic carbocycles. The van der Waals surface area contributed by atoms with Crippen LogP contribution in [0.15, 0.2) is 28.8 Å². The Labute approximate surface area is 122 Å². The molecule has 0 saturated carbocycles. The van der Waals surface area contributed by atoms with Crippen LogP contribution >= 0.6 is 0 Å². The lowest BCUT2D eigenvalue weighted by molar-refractivity contribution is 0.144. The number of hydrogen-bond acceptors (Lipinski definition) is 4. The van der Waals surface area contributed by atoms with Crippen molar-refractivity contribution < 1.29 is 14.4 Å². The number of aliphatic hydroxyl groups is 1. The fraction of sp³-hybridized carbons (Fsp3) is 0.333. The van der Waals surface area contributed by atoms with Gasteiger partial charge >= 0.3 is 6.03 Å². The summed E-state index contributed by atoms with van der Waals surface area (Å²) in [5, 5.41) is 19.4. The molecule has 0 unspecified atom stereocenters. The first-order valence-electron chi connectivity index (χ1n) is 6.82. The summed E-state index contributed by atoms with van der Waals surface area (Å²) in [7, 11) is 0. The van der Waals surface area contributed by atoms with Gasteiger partial charge in [-0.05, 0) is 25.0 Å². The highest BCUT2D eigenvalue weighted by atomic mass is 16.5. The second-order valence-electron chi connectivity index (χ2n) is 5.25. The van der Waals surface area contributed by atoms with Crippen LogP contribution in [0.5, 0.6) is 0 Å². The van der Waals surface area contributed by atoms with E-state index in [4.69, 9.17) is 4.52 Å². The second-order valence-corrected chi connectivity index (χ2v) is 5.25. The van der Waals surface area contributed by atoms with E-state index in [1.165, 1.54) is 0 Å². The maximum Gasteiger partial charge on any atom is 0.319 e. The number of carbonyl (C=O) groups is 1. The fourth-order valence-electron chi connectivity index (χ4n) is 2.70. The maximum absolute atomic E-state index is 12.1. The number of aryl methyl sites for hydroxylation is 2. The number of amides is 2. The Morgan fingerprint density at radius 1 is 1.38 bits per heavy atom. The van der Waals surface area contributed by atoms with Crippen LogP contribution in [0.3, 0.4) is 0 Å². The van der Waals surface area contributed by atoms with E-state index in [0.29, 0.717) is 23.6 Å². The van der Waals surface area contributed by atoms with Crippen molar-refractivity contribution in [3.8, 4) is 0 Å². The zero-order valence-electron chi connectivity index (χ0n) is 11.9. The van der Waals surface area contributed by atoms with Crippen molar-refractivity contribution >= 4 is 11.7 Å². The molecule has 1 aromatic carbocycles.